The van der Waals surface area contributed by atoms with Crippen LogP contribution in [-0.2, 0) is 11.2 Å². The van der Waals surface area contributed by atoms with E-state index >= 15 is 0 Å². The third kappa shape index (κ3) is 2.58. The van der Waals surface area contributed by atoms with Crippen molar-refractivity contribution in [3.8, 4) is 0 Å². The molecule has 4 nitrogen and oxygen atoms in total. The molecule has 1 amide bonds. The normalized spacial score (nSPS) is 14.4. The maximum atomic E-state index is 11.8. The molecule has 0 saturated heterocycles. The molecular weight excluding hydrogens is 218 g/mol. The summed E-state index contributed by atoms with van der Waals surface area (Å²) in [7, 11) is 0. The summed E-state index contributed by atoms with van der Waals surface area (Å²) >= 11 is 0. The molecule has 0 fully saturated rings. The van der Waals surface area contributed by atoms with Crippen molar-refractivity contribution in [3.63, 3.8) is 0 Å². The minimum absolute atomic E-state index is 0.0521. The second-order valence-electron chi connectivity index (χ2n) is 4.23. The number of aliphatic hydroxyl groups excluding tert-OH is 1. The van der Waals surface area contributed by atoms with Crippen molar-refractivity contribution in [2.24, 2.45) is 0 Å². The molecule has 0 radical (unpaired) electrons. The average molecular weight is 235 g/mol. The minimum atomic E-state index is -0.371. The van der Waals surface area contributed by atoms with Crippen LogP contribution in [0.5, 0.6) is 0 Å². The van der Waals surface area contributed by atoms with Crippen LogP contribution >= 0.6 is 0 Å². The van der Waals surface area contributed by atoms with Gasteiger partial charge in [0.15, 0.2) is 0 Å². The second-order valence-corrected chi connectivity index (χ2v) is 4.23. The van der Waals surface area contributed by atoms with Gasteiger partial charge >= 0.3 is 6.09 Å². The summed E-state index contributed by atoms with van der Waals surface area (Å²) in [6, 6.07) is 6.07. The summed E-state index contributed by atoms with van der Waals surface area (Å²) < 4.78 is 4.95. The van der Waals surface area contributed by atoms with Crippen LogP contribution in [0, 0.1) is 6.92 Å². The highest BCUT2D eigenvalue weighted by Gasteiger charge is 2.23. The Morgan fingerprint density at radius 2 is 2.35 bits per heavy atom. The topological polar surface area (TPSA) is 49.8 Å². The molecule has 0 spiro atoms. The molecule has 1 aliphatic rings. The Kier molecular flexibility index (Phi) is 3.64. The van der Waals surface area contributed by atoms with E-state index in [1.807, 2.05) is 19.1 Å². The molecule has 4 heteroatoms. The molecule has 17 heavy (non-hydrogen) atoms. The Bertz CT molecular complexity index is 417. The van der Waals surface area contributed by atoms with Gasteiger partial charge < -0.3 is 9.84 Å². The van der Waals surface area contributed by atoms with E-state index in [1.165, 1.54) is 11.1 Å². The minimum Gasteiger partial charge on any atom is -0.447 e. The van der Waals surface area contributed by atoms with Crippen molar-refractivity contribution in [1.29, 1.82) is 0 Å². The average Bonchev–Trinajstić information content (AvgIpc) is 2.34. The summed E-state index contributed by atoms with van der Waals surface area (Å²) in [5.74, 6) is 0. The first-order chi connectivity index (χ1) is 8.22. The van der Waals surface area contributed by atoms with Gasteiger partial charge in [0.25, 0.3) is 0 Å². The van der Waals surface area contributed by atoms with Crippen molar-refractivity contribution in [3.05, 3.63) is 29.3 Å². The first kappa shape index (κ1) is 11.9. The number of fused-ring (bicyclic) bond motifs is 1. The van der Waals surface area contributed by atoms with Crippen LogP contribution in [-0.4, -0.2) is 31.0 Å². The third-order valence-corrected chi connectivity index (χ3v) is 2.89. The van der Waals surface area contributed by atoms with E-state index in [0.29, 0.717) is 6.54 Å². The maximum absolute atomic E-state index is 11.8. The van der Waals surface area contributed by atoms with Crippen molar-refractivity contribution >= 4 is 11.8 Å². The molecule has 0 bridgehead atoms. The number of carbonyl (C=O) groups is 1. The first-order valence-corrected chi connectivity index (χ1v) is 5.87. The van der Waals surface area contributed by atoms with Crippen LogP contribution < -0.4 is 4.90 Å². The number of benzene rings is 1. The molecule has 1 heterocycles. The van der Waals surface area contributed by atoms with E-state index in [0.717, 1.165) is 18.5 Å². The highest BCUT2D eigenvalue weighted by molar-refractivity contribution is 5.89. The van der Waals surface area contributed by atoms with Crippen molar-refractivity contribution in [1.82, 2.24) is 0 Å². The monoisotopic (exact) mass is 235 g/mol. The number of rotatable bonds is 2. The van der Waals surface area contributed by atoms with Crippen LogP contribution in [0.2, 0.25) is 0 Å². The lowest BCUT2D eigenvalue weighted by molar-refractivity contribution is 0.124. The largest absolute Gasteiger partial charge is 0.447 e. The quantitative estimate of drug-likeness (QED) is 0.851. The van der Waals surface area contributed by atoms with Crippen LogP contribution in [0.3, 0.4) is 0 Å². The highest BCUT2D eigenvalue weighted by Crippen LogP contribution is 2.28. The number of amides is 1. The van der Waals surface area contributed by atoms with E-state index < -0.39 is 0 Å². The molecule has 0 aromatic heterocycles. The molecule has 0 aliphatic carbocycles. The standard InChI is InChI=1S/C13H17NO3/c1-10-4-5-12-11(9-10)3-2-6-14(12)13(16)17-8-7-15/h4-5,9,15H,2-3,6-8H2,1H3. The van der Waals surface area contributed by atoms with Gasteiger partial charge in [-0.3, -0.25) is 4.90 Å². The molecule has 1 N–H and O–H groups in total. The van der Waals surface area contributed by atoms with Gasteiger partial charge in [0, 0.05) is 6.54 Å². The van der Waals surface area contributed by atoms with Crippen LogP contribution in [0.4, 0.5) is 10.5 Å². The fraction of sp³-hybridized carbons (Fsp3) is 0.462. The van der Waals surface area contributed by atoms with E-state index in [1.54, 1.807) is 4.90 Å². The fourth-order valence-corrected chi connectivity index (χ4v) is 2.13. The van der Waals surface area contributed by atoms with Gasteiger partial charge in [-0.2, -0.15) is 0 Å². The van der Waals surface area contributed by atoms with Crippen LogP contribution in [0.25, 0.3) is 0 Å². The van der Waals surface area contributed by atoms with Gasteiger partial charge in [0.05, 0.1) is 12.3 Å². The zero-order valence-corrected chi connectivity index (χ0v) is 9.98. The maximum Gasteiger partial charge on any atom is 0.414 e. The van der Waals surface area contributed by atoms with Crippen LogP contribution in [0.1, 0.15) is 17.5 Å². The number of hydrogen-bond acceptors (Lipinski definition) is 3. The molecule has 1 aromatic rings. The van der Waals surface area contributed by atoms with Gasteiger partial charge in [-0.1, -0.05) is 17.7 Å². The lowest BCUT2D eigenvalue weighted by Crippen LogP contribution is -2.36. The fourth-order valence-electron chi connectivity index (χ4n) is 2.13. The van der Waals surface area contributed by atoms with E-state index in [2.05, 4.69) is 6.07 Å². The summed E-state index contributed by atoms with van der Waals surface area (Å²) in [6.07, 6.45) is 1.58. The van der Waals surface area contributed by atoms with Crippen molar-refractivity contribution < 1.29 is 14.6 Å². The molecule has 1 aliphatic heterocycles. The van der Waals surface area contributed by atoms with Gasteiger partial charge in [0.1, 0.15) is 6.61 Å². The Hall–Kier alpha value is -1.55. The number of ether oxygens (including phenoxy) is 1. The molecule has 0 saturated carbocycles. The SMILES string of the molecule is Cc1ccc2c(c1)CCCN2C(=O)OCCO. The number of anilines is 1. The van der Waals surface area contributed by atoms with Crippen molar-refractivity contribution in [2.45, 2.75) is 19.8 Å². The van der Waals surface area contributed by atoms with Gasteiger partial charge in [-0.15, -0.1) is 0 Å². The second kappa shape index (κ2) is 5.19. The Morgan fingerprint density at radius 3 is 3.12 bits per heavy atom. The number of aliphatic hydroxyl groups is 1. The lowest BCUT2D eigenvalue weighted by Gasteiger charge is -2.28. The summed E-state index contributed by atoms with van der Waals surface area (Å²) in [5, 5.41) is 8.65. The number of hydrogen-bond donors (Lipinski definition) is 1. The van der Waals surface area contributed by atoms with Gasteiger partial charge in [-0.05, 0) is 31.4 Å². The van der Waals surface area contributed by atoms with Gasteiger partial charge in [0.2, 0.25) is 0 Å². The molecule has 0 atom stereocenters. The molecule has 0 unspecified atom stereocenters. The molecule has 2 rings (SSSR count). The Labute approximate surface area is 101 Å². The van der Waals surface area contributed by atoms with E-state index in [-0.39, 0.29) is 19.3 Å². The number of nitrogens with zero attached hydrogens (tertiary/aromatic N) is 1. The van der Waals surface area contributed by atoms with E-state index in [9.17, 15) is 4.79 Å². The molecule has 92 valence electrons. The first-order valence-electron chi connectivity index (χ1n) is 5.87. The van der Waals surface area contributed by atoms with Gasteiger partial charge in [-0.25, -0.2) is 4.79 Å². The summed E-state index contributed by atoms with van der Waals surface area (Å²) in [6.45, 7) is 2.64. The summed E-state index contributed by atoms with van der Waals surface area (Å²) in [5.41, 5.74) is 3.33. The van der Waals surface area contributed by atoms with Crippen molar-refractivity contribution in [2.75, 3.05) is 24.7 Å². The highest BCUT2D eigenvalue weighted by atomic mass is 16.6. The molecule has 1 aromatic carbocycles. The smallest absolute Gasteiger partial charge is 0.414 e. The predicted molar refractivity (Wildman–Crippen MR) is 65.3 cm³/mol. The predicted octanol–water partition coefficient (Wildman–Crippen LogP) is 1.88. The van der Waals surface area contributed by atoms with E-state index in [4.69, 9.17) is 9.84 Å². The zero-order chi connectivity index (χ0) is 12.3. The number of aryl methyl sites for hydroxylation is 2. The zero-order valence-electron chi connectivity index (χ0n) is 9.98. The third-order valence-electron chi connectivity index (χ3n) is 2.89. The van der Waals surface area contributed by atoms with Crippen LogP contribution in [0.15, 0.2) is 18.2 Å². The Morgan fingerprint density at radius 1 is 1.53 bits per heavy atom. The molecular formula is C13H17NO3. The Balaban J connectivity index is 2.19. The number of carbonyl (C=O) groups excluding carboxylic acids is 1. The summed E-state index contributed by atoms with van der Waals surface area (Å²) in [4.78, 5) is 13.4. The lowest BCUT2D eigenvalue weighted by atomic mass is 10.00.